The average molecular weight is 2150 g/mol. The standard InChI is InChI=1S/C95H161N10O42P/c1-60(2)101-82-88(142-71(15)114)85(139-68(12)111)76(54-134-65(9)108)145-93(82)131-50-47-125-38-35-122-41-44-128-57-79(117)97-30-23-20-27-74(53-100-81(119)59-130-46-43-124-37-40-127-49-52-133-95-84(103-64(8)107)90(144-73(17)116)87(141-70(14)113)78(147-95)56-136-67(11)110)91(120)104-75(92(121)99-32-22-18-19-25-33-137-148(138-34-26-29-96)105(61(3)4)62(5)6)28-21-24-31-98-80(118)58-129-45-42-123-36-39-126-48-51-132-94-83(102-63(7)106)89(143-72(16)115)86(140-69(13)112)77(146-94)55-135-66(10)109/h60-62,74-78,82-90,93-95,101H,18-28,30-59H2,1-17H3,(H,97,117)(H,98,118)(H,99,121)(H,100,119)(H,102,106)(H,103,107)(H,104,120)/t74-,75+,76-,77-,78-,82-,83-,84-,85+,86+,87+,88-,89-,90-,93-,94-,95-,148?/m1/s1. The van der Waals surface area contributed by atoms with Gasteiger partial charge in [0.1, 0.15) is 76.1 Å². The zero-order valence-corrected chi connectivity index (χ0v) is 89.4. The molecule has 0 saturated carbocycles. The molecule has 53 heteroatoms. The molecule has 0 aromatic heterocycles. The number of carbonyl (C=O) groups is 16. The van der Waals surface area contributed by atoms with Gasteiger partial charge < -0.3 is 165 Å². The highest BCUT2D eigenvalue weighted by atomic mass is 31.2. The number of unbranched alkanes of at least 4 members (excludes halogenated alkanes) is 5. The lowest BCUT2D eigenvalue weighted by Gasteiger charge is -2.45. The van der Waals surface area contributed by atoms with Crippen LogP contribution in [0.5, 0.6) is 0 Å². The van der Waals surface area contributed by atoms with Crippen molar-refractivity contribution in [1.29, 1.82) is 5.26 Å². The van der Waals surface area contributed by atoms with E-state index in [0.29, 0.717) is 45.1 Å². The lowest BCUT2D eigenvalue weighted by Crippen LogP contribution is -2.66. The van der Waals surface area contributed by atoms with Crippen molar-refractivity contribution in [2.75, 3.05) is 198 Å². The maximum Gasteiger partial charge on any atom is 0.303 e. The van der Waals surface area contributed by atoms with Crippen LogP contribution in [0.2, 0.25) is 0 Å². The summed E-state index contributed by atoms with van der Waals surface area (Å²) >= 11 is 0. The molecule has 7 amide bonds. The van der Waals surface area contributed by atoms with Gasteiger partial charge in [-0.3, -0.25) is 76.7 Å². The molecular weight excluding hydrogens is 1980 g/mol. The number of amides is 7. The molecule has 848 valence electrons. The average Bonchev–Trinajstić information content (AvgIpc) is 0.792. The smallest absolute Gasteiger partial charge is 0.303 e. The van der Waals surface area contributed by atoms with Crippen molar-refractivity contribution in [2.45, 2.75) is 304 Å². The monoisotopic (exact) mass is 2150 g/mol. The van der Waals surface area contributed by atoms with E-state index in [1.807, 2.05) is 13.8 Å². The molecule has 0 aromatic rings. The predicted octanol–water partition coefficient (Wildman–Crippen LogP) is 0.775. The van der Waals surface area contributed by atoms with Gasteiger partial charge in [0.2, 0.25) is 41.4 Å². The minimum atomic E-state index is -1.43. The number of nitrogens with zero attached hydrogens (tertiary/aromatic N) is 2. The van der Waals surface area contributed by atoms with Crippen molar-refractivity contribution in [3.05, 3.63) is 0 Å². The minimum Gasteiger partial charge on any atom is -0.463 e. The van der Waals surface area contributed by atoms with Crippen molar-refractivity contribution in [2.24, 2.45) is 5.92 Å². The summed E-state index contributed by atoms with van der Waals surface area (Å²) < 4.78 is 150. The summed E-state index contributed by atoms with van der Waals surface area (Å²) in [6.07, 6.45) is -9.77. The van der Waals surface area contributed by atoms with Crippen LogP contribution in [0.4, 0.5) is 0 Å². The fourth-order valence-electron chi connectivity index (χ4n) is 15.0. The second-order valence-electron chi connectivity index (χ2n) is 35.1. The summed E-state index contributed by atoms with van der Waals surface area (Å²) in [7, 11) is -1.43. The predicted molar refractivity (Wildman–Crippen MR) is 516 cm³/mol. The van der Waals surface area contributed by atoms with Crippen molar-refractivity contribution in [3.8, 4) is 6.07 Å². The molecule has 148 heavy (non-hydrogen) atoms. The summed E-state index contributed by atoms with van der Waals surface area (Å²) in [6.45, 7) is 24.3. The summed E-state index contributed by atoms with van der Waals surface area (Å²) in [4.78, 5) is 202. The Bertz CT molecular complexity index is 3950. The molecule has 1 unspecified atom stereocenters. The Hall–Kier alpha value is -9.32. The zero-order valence-electron chi connectivity index (χ0n) is 88.5. The van der Waals surface area contributed by atoms with Crippen LogP contribution >= 0.6 is 8.53 Å². The molecule has 52 nitrogen and oxygen atoms in total. The Kier molecular flexibility index (Phi) is 70.7. The maximum absolute atomic E-state index is 14.6. The fraction of sp³-hybridized carbons (Fsp3) is 0.821. The van der Waals surface area contributed by atoms with Gasteiger partial charge in [-0.25, -0.2) is 4.67 Å². The molecule has 3 heterocycles. The molecular formula is C95H161N10O42P. The molecule has 8 N–H and O–H groups in total. The van der Waals surface area contributed by atoms with E-state index in [9.17, 15) is 82.0 Å². The zero-order chi connectivity index (χ0) is 110. The molecule has 3 aliphatic rings. The summed E-state index contributed by atoms with van der Waals surface area (Å²) in [5.41, 5.74) is 0. The van der Waals surface area contributed by atoms with Crippen LogP contribution in [0.15, 0.2) is 0 Å². The molecule has 0 spiro atoms. The highest BCUT2D eigenvalue weighted by Gasteiger charge is 2.55. The van der Waals surface area contributed by atoms with E-state index in [4.69, 9.17) is 123 Å². The Labute approximate surface area is 866 Å². The molecule has 0 aromatic carbocycles. The maximum atomic E-state index is 14.6. The highest BCUT2D eigenvalue weighted by Crippen LogP contribution is 2.46. The van der Waals surface area contributed by atoms with E-state index < -0.39 is 227 Å². The molecule has 0 aliphatic carbocycles. The number of esters is 9. The van der Waals surface area contributed by atoms with Crippen LogP contribution < -0.4 is 42.5 Å². The van der Waals surface area contributed by atoms with Gasteiger partial charge in [0.05, 0.1) is 157 Å². The molecule has 3 fully saturated rings. The second kappa shape index (κ2) is 78.8. The number of rotatable bonds is 81. The van der Waals surface area contributed by atoms with Crippen LogP contribution in [0.25, 0.3) is 0 Å². The summed E-state index contributed by atoms with van der Waals surface area (Å²) in [5, 5.41) is 32.0. The number of ether oxygens (including phenoxy) is 24. The Balaban J connectivity index is 1.67. The van der Waals surface area contributed by atoms with Gasteiger partial charge in [0.15, 0.2) is 55.5 Å². The Morgan fingerprint density at radius 1 is 0.338 bits per heavy atom. The van der Waals surface area contributed by atoms with Crippen LogP contribution in [-0.4, -0.2) is 414 Å². The van der Waals surface area contributed by atoms with Gasteiger partial charge in [-0.2, -0.15) is 5.26 Å². The van der Waals surface area contributed by atoms with Gasteiger partial charge in [-0.15, -0.1) is 0 Å². The molecule has 3 saturated heterocycles. The number of carbonyl (C=O) groups excluding carboxylic acids is 16. The normalized spacial score (nSPS) is 21.2. The van der Waals surface area contributed by atoms with Gasteiger partial charge in [-0.05, 0) is 72.6 Å². The van der Waals surface area contributed by atoms with Crippen LogP contribution in [0, 0.1) is 17.2 Å². The third kappa shape index (κ3) is 60.1. The van der Waals surface area contributed by atoms with Crippen LogP contribution in [-0.2, 0) is 199 Å². The van der Waals surface area contributed by atoms with E-state index in [0.717, 1.165) is 54.4 Å². The number of nitriles is 1. The fourth-order valence-corrected chi connectivity index (χ4v) is 16.7. The van der Waals surface area contributed by atoms with Gasteiger partial charge in [-0.1, -0.05) is 33.1 Å². The van der Waals surface area contributed by atoms with E-state index in [1.165, 1.54) is 34.6 Å². The highest BCUT2D eigenvalue weighted by molar-refractivity contribution is 7.44. The molecule has 3 rings (SSSR count). The largest absolute Gasteiger partial charge is 0.463 e. The topological polar surface area (TPSA) is 636 Å². The van der Waals surface area contributed by atoms with Crippen molar-refractivity contribution in [3.63, 3.8) is 0 Å². The molecule has 18 atom stereocenters. The first kappa shape index (κ1) is 133. The van der Waals surface area contributed by atoms with Crippen molar-refractivity contribution < 1.29 is 199 Å². The number of hydrogen-bond acceptors (Lipinski definition) is 45. The first-order chi connectivity index (χ1) is 70.6. The van der Waals surface area contributed by atoms with E-state index in [-0.39, 0.29) is 209 Å². The van der Waals surface area contributed by atoms with Gasteiger partial charge in [0, 0.05) is 120 Å². The second-order valence-corrected chi connectivity index (χ2v) is 36.5. The number of nitrogens with one attached hydrogen (secondary N) is 8. The van der Waals surface area contributed by atoms with Crippen molar-refractivity contribution >= 4 is 104 Å². The molecule has 3 aliphatic heterocycles. The first-order valence-electron chi connectivity index (χ1n) is 50.0. The van der Waals surface area contributed by atoms with E-state index in [2.05, 4.69) is 81.0 Å². The van der Waals surface area contributed by atoms with E-state index in [1.54, 1.807) is 0 Å². The SMILES string of the molecule is CC(=O)N[C@H]1[C@H](OCCOCCOCCOCC(=O)NCCCC[C@H](NC(=O)[C@H](CCCCNC(=O)COCCOCCOCCO[C@@H]2O[C@H](COC(C)=O)[C@H](OC(C)=O)[C@H](OC(C)=O)[C@H]2NC(C)C)CNC(=O)COCCOCCOCCO[C@@H]2O[C@H](COC(C)=O)[C@H](OC(C)=O)[C@H](OC(C)=O)[C@H]2NC(C)=O)C(=O)NCCCCCCOP(OCCC#N)N(C(C)C)C(C)C)O[C@H](COC(C)=O)[C@H](OC(C)=O)[C@@H]1OC(C)=O. The molecule has 0 radical (unpaired) electrons. The Morgan fingerprint density at radius 2 is 0.655 bits per heavy atom. The quantitative estimate of drug-likeness (QED) is 0.0180. The number of hydrogen-bond donors (Lipinski definition) is 8. The first-order valence-corrected chi connectivity index (χ1v) is 51.1. The van der Waals surface area contributed by atoms with Gasteiger partial charge >= 0.3 is 53.7 Å². The summed E-state index contributed by atoms with van der Waals surface area (Å²) in [5.74, 6) is -10.8. The van der Waals surface area contributed by atoms with Gasteiger partial charge in [0.25, 0.3) is 8.53 Å². The van der Waals surface area contributed by atoms with Crippen molar-refractivity contribution in [1.82, 2.24) is 47.2 Å². The minimum absolute atomic E-state index is 0.000116. The Morgan fingerprint density at radius 3 is 1.01 bits per heavy atom. The van der Waals surface area contributed by atoms with E-state index >= 15 is 0 Å². The molecule has 0 bridgehead atoms. The van der Waals surface area contributed by atoms with Crippen LogP contribution in [0.1, 0.15) is 188 Å². The third-order valence-corrected chi connectivity index (χ3v) is 23.3. The lowest BCUT2D eigenvalue weighted by molar-refractivity contribution is -0.280. The lowest BCUT2D eigenvalue weighted by atomic mass is 9.95. The van der Waals surface area contributed by atoms with Crippen LogP contribution in [0.3, 0.4) is 0 Å². The third-order valence-electron chi connectivity index (χ3n) is 21.2. The summed E-state index contributed by atoms with van der Waals surface area (Å²) in [6, 6.07) is -2.06.